The highest BCUT2D eigenvalue weighted by Crippen LogP contribution is 2.34. The zero-order valence-corrected chi connectivity index (χ0v) is 15.2. The van der Waals surface area contributed by atoms with Gasteiger partial charge < -0.3 is 5.11 Å². The summed E-state index contributed by atoms with van der Waals surface area (Å²) in [6, 6.07) is 5.00. The summed E-state index contributed by atoms with van der Waals surface area (Å²) in [5, 5.41) is 8.61. The number of carbonyl (C=O) groups is 2. The van der Waals surface area contributed by atoms with Crippen molar-refractivity contribution in [2.75, 3.05) is 0 Å². The monoisotopic (exact) mass is 382 g/mol. The van der Waals surface area contributed by atoms with Crippen LogP contribution >= 0.6 is 0 Å². The minimum atomic E-state index is -4.34. The average Bonchev–Trinajstić information content (AvgIpc) is 2.95. The summed E-state index contributed by atoms with van der Waals surface area (Å²) in [5.41, 5.74) is 0.0197. The zero-order chi connectivity index (χ0) is 19.9. The lowest BCUT2D eigenvalue weighted by Crippen LogP contribution is -2.13. The van der Waals surface area contributed by atoms with E-state index >= 15 is 0 Å². The van der Waals surface area contributed by atoms with Crippen molar-refractivity contribution in [2.45, 2.75) is 57.5 Å². The zero-order valence-electron chi connectivity index (χ0n) is 15.2. The Labute approximate surface area is 157 Å². The van der Waals surface area contributed by atoms with Crippen molar-refractivity contribution < 1.29 is 27.9 Å². The van der Waals surface area contributed by atoms with Gasteiger partial charge in [-0.05, 0) is 42.9 Å². The number of ketones is 1. The molecular weight excluding hydrogens is 357 g/mol. The number of alkyl halides is 3. The van der Waals surface area contributed by atoms with Gasteiger partial charge in [0, 0.05) is 18.8 Å². The van der Waals surface area contributed by atoms with Crippen LogP contribution in [0.1, 0.15) is 62.5 Å². The van der Waals surface area contributed by atoms with E-state index in [0.717, 1.165) is 44.2 Å². The molecule has 0 amide bonds. The lowest BCUT2D eigenvalue weighted by atomic mass is 9.89. The molecule has 1 fully saturated rings. The molecule has 1 aliphatic rings. The fourth-order valence-corrected chi connectivity index (χ4v) is 3.55. The van der Waals surface area contributed by atoms with E-state index in [1.807, 2.05) is 6.08 Å². The Hall–Kier alpha value is -2.11. The predicted octanol–water partition coefficient (Wildman–Crippen LogP) is 5.74. The summed E-state index contributed by atoms with van der Waals surface area (Å²) in [4.78, 5) is 22.6. The number of hydrogen-bond donors (Lipinski definition) is 1. The SMILES string of the molecule is O=C(O)CCCCCCC1C(=O)CCC1/C=C/c1ccc(C(F)(F)F)cc1. The molecule has 1 aromatic rings. The first kappa shape index (κ1) is 21.2. The molecule has 0 aliphatic heterocycles. The smallest absolute Gasteiger partial charge is 0.416 e. The summed E-state index contributed by atoms with van der Waals surface area (Å²) < 4.78 is 37.8. The highest BCUT2D eigenvalue weighted by atomic mass is 19.4. The molecule has 2 atom stereocenters. The number of carboxylic acids is 1. The molecule has 0 aromatic heterocycles. The summed E-state index contributed by atoms with van der Waals surface area (Å²) in [7, 11) is 0. The van der Waals surface area contributed by atoms with Crippen LogP contribution in [0.25, 0.3) is 6.08 Å². The lowest BCUT2D eigenvalue weighted by molar-refractivity contribution is -0.138. The molecule has 1 saturated carbocycles. The quantitative estimate of drug-likeness (QED) is 0.554. The van der Waals surface area contributed by atoms with Gasteiger partial charge >= 0.3 is 12.1 Å². The van der Waals surface area contributed by atoms with Gasteiger partial charge in [-0.3, -0.25) is 9.59 Å². The first-order valence-electron chi connectivity index (χ1n) is 9.37. The largest absolute Gasteiger partial charge is 0.481 e. The highest BCUT2D eigenvalue weighted by molar-refractivity contribution is 5.84. The van der Waals surface area contributed by atoms with E-state index in [-0.39, 0.29) is 24.0 Å². The van der Waals surface area contributed by atoms with Crippen molar-refractivity contribution >= 4 is 17.8 Å². The van der Waals surface area contributed by atoms with E-state index < -0.39 is 17.7 Å². The fourth-order valence-electron chi connectivity index (χ4n) is 3.55. The second-order valence-electron chi connectivity index (χ2n) is 7.10. The molecule has 27 heavy (non-hydrogen) atoms. The number of benzene rings is 1. The van der Waals surface area contributed by atoms with Crippen LogP contribution in [0.15, 0.2) is 30.3 Å². The minimum absolute atomic E-state index is 0.0322. The van der Waals surface area contributed by atoms with E-state index in [2.05, 4.69) is 0 Å². The molecule has 0 heterocycles. The van der Waals surface area contributed by atoms with Crippen LogP contribution in [0.2, 0.25) is 0 Å². The van der Waals surface area contributed by atoms with Crippen LogP contribution < -0.4 is 0 Å². The number of halogens is 3. The molecule has 2 unspecified atom stereocenters. The maximum atomic E-state index is 12.6. The van der Waals surface area contributed by atoms with Crippen molar-refractivity contribution in [3.63, 3.8) is 0 Å². The molecule has 2 rings (SSSR count). The van der Waals surface area contributed by atoms with Crippen LogP contribution in [0, 0.1) is 11.8 Å². The molecular formula is C21H25F3O3. The number of rotatable bonds is 9. The first-order valence-corrected chi connectivity index (χ1v) is 9.37. The number of allylic oxidation sites excluding steroid dienone is 1. The number of carbonyl (C=O) groups excluding carboxylic acids is 1. The molecule has 0 bridgehead atoms. The van der Waals surface area contributed by atoms with E-state index in [4.69, 9.17) is 5.11 Å². The van der Waals surface area contributed by atoms with Crippen LogP contribution in [-0.2, 0) is 15.8 Å². The number of unbranched alkanes of at least 4 members (excludes halogenated alkanes) is 3. The third-order valence-corrected chi connectivity index (χ3v) is 5.08. The summed E-state index contributed by atoms with van der Waals surface area (Å²) in [5.74, 6) is -0.439. The molecule has 1 N–H and O–H groups in total. The number of carboxylic acid groups (broad SMARTS) is 1. The Balaban J connectivity index is 1.84. The topological polar surface area (TPSA) is 54.4 Å². The van der Waals surface area contributed by atoms with Gasteiger partial charge in [-0.1, -0.05) is 43.5 Å². The van der Waals surface area contributed by atoms with Gasteiger partial charge in [0.1, 0.15) is 5.78 Å². The van der Waals surface area contributed by atoms with Gasteiger partial charge in [0.15, 0.2) is 0 Å². The van der Waals surface area contributed by atoms with Crippen molar-refractivity contribution in [1.29, 1.82) is 0 Å². The third kappa shape index (κ3) is 6.85. The van der Waals surface area contributed by atoms with Crippen molar-refractivity contribution in [1.82, 2.24) is 0 Å². The van der Waals surface area contributed by atoms with E-state index in [1.165, 1.54) is 12.1 Å². The Morgan fingerprint density at radius 2 is 1.78 bits per heavy atom. The Bertz CT molecular complexity index is 662. The van der Waals surface area contributed by atoms with Crippen LogP contribution in [0.4, 0.5) is 13.2 Å². The first-order chi connectivity index (χ1) is 12.8. The van der Waals surface area contributed by atoms with Crippen molar-refractivity contribution in [2.24, 2.45) is 11.8 Å². The Kier molecular flexibility index (Phi) is 7.63. The molecule has 3 nitrogen and oxygen atoms in total. The molecule has 6 heteroatoms. The summed E-state index contributed by atoms with van der Waals surface area (Å²) in [6.07, 6.45) is 5.00. The molecule has 1 aromatic carbocycles. The molecule has 0 radical (unpaired) electrons. The maximum Gasteiger partial charge on any atom is 0.416 e. The van der Waals surface area contributed by atoms with Crippen LogP contribution in [0.3, 0.4) is 0 Å². The van der Waals surface area contributed by atoms with E-state index in [0.29, 0.717) is 18.4 Å². The van der Waals surface area contributed by atoms with Crippen molar-refractivity contribution in [3.05, 3.63) is 41.5 Å². The number of hydrogen-bond acceptors (Lipinski definition) is 2. The minimum Gasteiger partial charge on any atom is -0.481 e. The van der Waals surface area contributed by atoms with Crippen LogP contribution in [0.5, 0.6) is 0 Å². The second-order valence-corrected chi connectivity index (χ2v) is 7.10. The van der Waals surface area contributed by atoms with E-state index in [9.17, 15) is 22.8 Å². The van der Waals surface area contributed by atoms with Crippen LogP contribution in [-0.4, -0.2) is 16.9 Å². The van der Waals surface area contributed by atoms with Gasteiger partial charge in [0.2, 0.25) is 0 Å². The average molecular weight is 382 g/mol. The predicted molar refractivity (Wildman–Crippen MR) is 97.0 cm³/mol. The van der Waals surface area contributed by atoms with Gasteiger partial charge in [0.25, 0.3) is 0 Å². The lowest BCUT2D eigenvalue weighted by Gasteiger charge is -2.15. The third-order valence-electron chi connectivity index (χ3n) is 5.08. The number of Topliss-reactive ketones (excluding diaryl/α,β-unsaturated/α-hetero) is 1. The van der Waals surface area contributed by atoms with Gasteiger partial charge in [-0.2, -0.15) is 13.2 Å². The Morgan fingerprint density at radius 3 is 2.41 bits per heavy atom. The molecule has 1 aliphatic carbocycles. The molecule has 0 spiro atoms. The normalized spacial score (nSPS) is 20.5. The van der Waals surface area contributed by atoms with Gasteiger partial charge in [-0.25, -0.2) is 0 Å². The fraction of sp³-hybridized carbons (Fsp3) is 0.524. The van der Waals surface area contributed by atoms with Gasteiger partial charge in [0.05, 0.1) is 5.56 Å². The maximum absolute atomic E-state index is 12.6. The molecule has 148 valence electrons. The second kappa shape index (κ2) is 9.72. The summed E-state index contributed by atoms with van der Waals surface area (Å²) in [6.45, 7) is 0. The number of aliphatic carboxylic acids is 1. The summed E-state index contributed by atoms with van der Waals surface area (Å²) >= 11 is 0. The standard InChI is InChI=1S/C21H25F3O3/c22-21(23,24)17-12-8-15(9-13-17)7-10-16-11-14-19(25)18(16)5-3-1-2-4-6-20(26)27/h7-10,12-13,16,18H,1-6,11,14H2,(H,26,27)/b10-7+. The Morgan fingerprint density at radius 1 is 1.11 bits per heavy atom. The van der Waals surface area contributed by atoms with E-state index in [1.54, 1.807) is 6.08 Å². The highest BCUT2D eigenvalue weighted by Gasteiger charge is 2.32. The van der Waals surface area contributed by atoms with Gasteiger partial charge in [-0.15, -0.1) is 0 Å². The molecule has 0 saturated heterocycles. The van der Waals surface area contributed by atoms with Crippen molar-refractivity contribution in [3.8, 4) is 0 Å².